The minimum absolute atomic E-state index is 0.219. The number of anilines is 1. The number of carbonyl (C=O) groups excluding carboxylic acids is 1. The van der Waals surface area contributed by atoms with Gasteiger partial charge in [0, 0.05) is 15.8 Å². The van der Waals surface area contributed by atoms with Gasteiger partial charge < -0.3 is 4.74 Å². The van der Waals surface area contributed by atoms with Crippen molar-refractivity contribution in [2.75, 3.05) is 12.4 Å². The van der Waals surface area contributed by atoms with Crippen molar-refractivity contribution in [1.29, 1.82) is 0 Å². The van der Waals surface area contributed by atoms with Crippen LogP contribution < -0.4 is 10.1 Å². The Balaban J connectivity index is 1.57. The summed E-state index contributed by atoms with van der Waals surface area (Å²) in [6.07, 6.45) is 0. The lowest BCUT2D eigenvalue weighted by Gasteiger charge is -2.02. The largest absolute Gasteiger partial charge is 0.497 e. The highest BCUT2D eigenvalue weighted by Crippen LogP contribution is 2.29. The van der Waals surface area contributed by atoms with E-state index in [1.54, 1.807) is 43.1 Å². The van der Waals surface area contributed by atoms with Crippen molar-refractivity contribution < 1.29 is 9.53 Å². The summed E-state index contributed by atoms with van der Waals surface area (Å²) in [7, 11) is 1.59. The topological polar surface area (TPSA) is 64.1 Å². The lowest BCUT2D eigenvalue weighted by molar-refractivity contribution is 0.102. The molecule has 3 rings (SSSR count). The number of aromatic nitrogens is 2. The van der Waals surface area contributed by atoms with Crippen molar-refractivity contribution in [2.24, 2.45) is 0 Å². The summed E-state index contributed by atoms with van der Waals surface area (Å²) < 4.78 is 6.95. The molecule has 0 aliphatic rings. The van der Waals surface area contributed by atoms with Gasteiger partial charge in [-0.25, -0.2) is 0 Å². The predicted molar refractivity (Wildman–Crippen MR) is 105 cm³/mol. The summed E-state index contributed by atoms with van der Waals surface area (Å²) in [4.78, 5) is 12.2. The zero-order valence-electron chi connectivity index (χ0n) is 13.2. The van der Waals surface area contributed by atoms with E-state index in [2.05, 4.69) is 43.6 Å². The molecule has 0 aliphatic heterocycles. The number of benzene rings is 2. The lowest BCUT2D eigenvalue weighted by atomic mass is 10.2. The summed E-state index contributed by atoms with van der Waals surface area (Å²) in [5.74, 6) is 1.29. The quantitative estimate of drug-likeness (QED) is 0.442. The second-order valence-electron chi connectivity index (χ2n) is 4.97. The molecule has 0 saturated carbocycles. The van der Waals surface area contributed by atoms with E-state index in [0.29, 0.717) is 16.4 Å². The molecule has 0 aliphatic carbocycles. The van der Waals surface area contributed by atoms with Crippen LogP contribution in [0.5, 0.6) is 5.75 Å². The molecule has 1 heterocycles. The zero-order chi connectivity index (χ0) is 17.6. The van der Waals surface area contributed by atoms with Gasteiger partial charge in [0.1, 0.15) is 5.75 Å². The summed E-state index contributed by atoms with van der Waals surface area (Å²) in [5.41, 5.74) is 1.74. The number of thioether (sulfide) groups is 1. The van der Waals surface area contributed by atoms with Crippen LogP contribution in [0.1, 0.15) is 15.9 Å². The van der Waals surface area contributed by atoms with E-state index >= 15 is 0 Å². The molecule has 2 aromatic carbocycles. The smallest absolute Gasteiger partial charge is 0.257 e. The minimum Gasteiger partial charge on any atom is -0.497 e. The number of hydrogen-bond acceptors (Lipinski definition) is 6. The van der Waals surface area contributed by atoms with Gasteiger partial charge in [-0.15, -0.1) is 10.2 Å². The van der Waals surface area contributed by atoms with Crippen LogP contribution in [0.2, 0.25) is 0 Å². The van der Waals surface area contributed by atoms with E-state index in [0.717, 1.165) is 14.6 Å². The number of hydrogen-bond donors (Lipinski definition) is 1. The molecule has 0 atom stereocenters. The van der Waals surface area contributed by atoms with Gasteiger partial charge >= 0.3 is 0 Å². The van der Waals surface area contributed by atoms with Crippen molar-refractivity contribution in [3.8, 4) is 5.75 Å². The first kappa shape index (κ1) is 17.9. The molecule has 0 fully saturated rings. The first-order valence-electron chi connectivity index (χ1n) is 7.30. The average molecular weight is 436 g/mol. The van der Waals surface area contributed by atoms with Gasteiger partial charge in [-0.3, -0.25) is 10.1 Å². The number of amides is 1. The highest BCUT2D eigenvalue weighted by molar-refractivity contribution is 9.10. The minimum atomic E-state index is -0.219. The van der Waals surface area contributed by atoms with Crippen molar-refractivity contribution in [3.05, 3.63) is 64.1 Å². The molecule has 1 N–H and O–H groups in total. The van der Waals surface area contributed by atoms with Crippen LogP contribution in [0.3, 0.4) is 0 Å². The third-order valence-corrected chi connectivity index (χ3v) is 5.83. The number of rotatable bonds is 6. The summed E-state index contributed by atoms with van der Waals surface area (Å²) >= 11 is 6.37. The van der Waals surface area contributed by atoms with Crippen LogP contribution in [0.25, 0.3) is 0 Å². The molecule has 0 bridgehead atoms. The summed E-state index contributed by atoms with van der Waals surface area (Å²) in [5, 5.41) is 11.4. The second kappa shape index (κ2) is 8.46. The first-order chi connectivity index (χ1) is 12.1. The number of carbonyl (C=O) groups is 1. The molecule has 0 spiro atoms. The van der Waals surface area contributed by atoms with Crippen LogP contribution in [0.15, 0.2) is 57.3 Å². The fourth-order valence-corrected chi connectivity index (χ4v) is 3.92. The number of ether oxygens (including phenoxy) is 1. The molecular formula is C17H14BrN3O2S2. The van der Waals surface area contributed by atoms with E-state index in [1.807, 2.05) is 12.1 Å². The third-order valence-electron chi connectivity index (χ3n) is 3.25. The Kier molecular flexibility index (Phi) is 6.06. The van der Waals surface area contributed by atoms with Crippen LogP contribution >= 0.6 is 39.0 Å². The van der Waals surface area contributed by atoms with E-state index < -0.39 is 0 Å². The van der Waals surface area contributed by atoms with Crippen molar-refractivity contribution in [2.45, 2.75) is 10.1 Å². The molecule has 3 aromatic rings. The molecule has 128 valence electrons. The summed E-state index contributed by atoms with van der Waals surface area (Å²) in [6.45, 7) is 0. The predicted octanol–water partition coefficient (Wildman–Crippen LogP) is 4.85. The SMILES string of the molecule is COc1ccc(C(=O)Nc2nnc(SCc3ccc(Br)cc3)s2)cc1. The Bertz CT molecular complexity index is 851. The third kappa shape index (κ3) is 5.04. The summed E-state index contributed by atoms with van der Waals surface area (Å²) in [6, 6.07) is 15.0. The maximum atomic E-state index is 12.2. The fourth-order valence-electron chi connectivity index (χ4n) is 1.96. The van der Waals surface area contributed by atoms with Crippen molar-refractivity contribution in [1.82, 2.24) is 10.2 Å². The van der Waals surface area contributed by atoms with Gasteiger partial charge in [0.2, 0.25) is 5.13 Å². The Morgan fingerprint density at radius 2 is 1.88 bits per heavy atom. The Hall–Kier alpha value is -1.90. The molecule has 5 nitrogen and oxygen atoms in total. The van der Waals surface area contributed by atoms with E-state index in [4.69, 9.17) is 4.74 Å². The van der Waals surface area contributed by atoms with Crippen LogP contribution in [0.4, 0.5) is 5.13 Å². The van der Waals surface area contributed by atoms with Gasteiger partial charge in [-0.1, -0.05) is 51.2 Å². The van der Waals surface area contributed by atoms with Crippen molar-refractivity contribution in [3.63, 3.8) is 0 Å². The average Bonchev–Trinajstić information content (AvgIpc) is 3.08. The molecule has 0 radical (unpaired) electrons. The number of nitrogens with zero attached hydrogens (tertiary/aromatic N) is 2. The monoisotopic (exact) mass is 435 g/mol. The first-order valence-corrected chi connectivity index (χ1v) is 9.90. The maximum absolute atomic E-state index is 12.2. The number of nitrogens with one attached hydrogen (secondary N) is 1. The zero-order valence-corrected chi connectivity index (χ0v) is 16.5. The molecular weight excluding hydrogens is 422 g/mol. The van der Waals surface area contributed by atoms with Crippen LogP contribution in [-0.2, 0) is 5.75 Å². The van der Waals surface area contributed by atoms with Crippen LogP contribution in [-0.4, -0.2) is 23.2 Å². The highest BCUT2D eigenvalue weighted by atomic mass is 79.9. The lowest BCUT2D eigenvalue weighted by Crippen LogP contribution is -2.11. The highest BCUT2D eigenvalue weighted by Gasteiger charge is 2.11. The van der Waals surface area contributed by atoms with E-state index in [1.165, 1.54) is 16.9 Å². The Labute approximate surface area is 162 Å². The second-order valence-corrected chi connectivity index (χ2v) is 8.09. The number of methoxy groups -OCH3 is 1. The molecule has 25 heavy (non-hydrogen) atoms. The fraction of sp³-hybridized carbons (Fsp3) is 0.118. The molecule has 0 saturated heterocycles. The number of halogens is 1. The standard InChI is InChI=1S/C17H14BrN3O2S2/c1-23-14-8-4-12(5-9-14)15(22)19-16-20-21-17(25-16)24-10-11-2-6-13(18)7-3-11/h2-9H,10H2,1H3,(H,19,20,22). The van der Waals surface area contributed by atoms with Gasteiger partial charge in [0.15, 0.2) is 4.34 Å². The van der Waals surface area contributed by atoms with Crippen LogP contribution in [0, 0.1) is 0 Å². The van der Waals surface area contributed by atoms with E-state index in [-0.39, 0.29) is 5.91 Å². The Morgan fingerprint density at radius 1 is 1.16 bits per heavy atom. The maximum Gasteiger partial charge on any atom is 0.257 e. The van der Waals surface area contributed by atoms with E-state index in [9.17, 15) is 4.79 Å². The van der Waals surface area contributed by atoms with Gasteiger partial charge in [-0.05, 0) is 42.0 Å². The van der Waals surface area contributed by atoms with Crippen molar-refractivity contribution >= 4 is 50.1 Å². The Morgan fingerprint density at radius 3 is 2.56 bits per heavy atom. The normalized spacial score (nSPS) is 10.5. The van der Waals surface area contributed by atoms with Gasteiger partial charge in [-0.2, -0.15) is 0 Å². The van der Waals surface area contributed by atoms with Gasteiger partial charge in [0.05, 0.1) is 7.11 Å². The molecule has 0 unspecified atom stereocenters. The molecule has 1 amide bonds. The molecule has 8 heteroatoms. The van der Waals surface area contributed by atoms with Gasteiger partial charge in [0.25, 0.3) is 5.91 Å². The molecule has 1 aromatic heterocycles.